The quantitative estimate of drug-likeness (QED) is 0.524. The highest BCUT2D eigenvalue weighted by Crippen LogP contribution is 2.42. The van der Waals surface area contributed by atoms with Crippen LogP contribution in [0, 0.1) is 6.92 Å². The molecule has 0 aliphatic rings. The van der Waals surface area contributed by atoms with E-state index in [4.69, 9.17) is 4.74 Å². The molecule has 1 aromatic heterocycles. The topological polar surface area (TPSA) is 91.9 Å². The van der Waals surface area contributed by atoms with E-state index >= 15 is 0 Å². The van der Waals surface area contributed by atoms with Gasteiger partial charge >= 0.3 is 5.97 Å². The van der Waals surface area contributed by atoms with Gasteiger partial charge in [-0.05, 0) is 44.0 Å². The van der Waals surface area contributed by atoms with E-state index in [2.05, 4.69) is 0 Å². The molecular formula is C19H25NO5. The Hall–Kier alpha value is -2.63. The summed E-state index contributed by atoms with van der Waals surface area (Å²) in [5, 5.41) is 30.5. The number of esters is 1. The summed E-state index contributed by atoms with van der Waals surface area (Å²) in [6.45, 7) is 5.84. The number of carbonyl (C=O) groups is 1. The summed E-state index contributed by atoms with van der Waals surface area (Å²) in [5.41, 5.74) is 1.29. The molecular weight excluding hydrogens is 322 g/mol. The molecule has 0 saturated carbocycles. The van der Waals surface area contributed by atoms with Crippen molar-refractivity contribution < 1.29 is 24.9 Å². The third-order valence-corrected chi connectivity index (χ3v) is 4.30. The molecule has 0 fully saturated rings. The number of benzene rings is 1. The summed E-state index contributed by atoms with van der Waals surface area (Å²) < 4.78 is 6.55. The van der Waals surface area contributed by atoms with Crippen LogP contribution in [0.2, 0.25) is 0 Å². The van der Waals surface area contributed by atoms with E-state index in [1.165, 1.54) is 16.7 Å². The van der Waals surface area contributed by atoms with Crippen molar-refractivity contribution in [1.29, 1.82) is 0 Å². The van der Waals surface area contributed by atoms with Crippen LogP contribution in [0.15, 0.2) is 24.3 Å². The maximum atomic E-state index is 12.4. The predicted molar refractivity (Wildman–Crippen MR) is 94.4 cm³/mol. The summed E-state index contributed by atoms with van der Waals surface area (Å²) >= 11 is 0. The van der Waals surface area contributed by atoms with E-state index in [0.29, 0.717) is 29.8 Å². The van der Waals surface area contributed by atoms with Crippen molar-refractivity contribution in [3.05, 3.63) is 35.4 Å². The highest BCUT2D eigenvalue weighted by molar-refractivity contribution is 5.80. The standard InChI is InChI=1S/C19H25NO5/c1-4-6-11-25-19(24)15(5-2)16-12(3)17(22)20(18(16)23)13-7-9-14(21)10-8-13/h7-10,15,21-23H,4-6,11H2,1-3H3. The third kappa shape index (κ3) is 3.73. The first-order valence-corrected chi connectivity index (χ1v) is 8.51. The molecule has 0 aliphatic carbocycles. The van der Waals surface area contributed by atoms with E-state index in [1.807, 2.05) is 13.8 Å². The van der Waals surface area contributed by atoms with Gasteiger partial charge in [0.2, 0.25) is 11.8 Å². The van der Waals surface area contributed by atoms with Crippen molar-refractivity contribution in [1.82, 2.24) is 4.57 Å². The Balaban J connectivity index is 2.42. The Morgan fingerprint density at radius 2 is 1.76 bits per heavy atom. The second kappa shape index (κ2) is 7.96. The average Bonchev–Trinajstić information content (AvgIpc) is 2.81. The molecule has 0 radical (unpaired) electrons. The number of ether oxygens (including phenoxy) is 1. The predicted octanol–water partition coefficient (Wildman–Crippen LogP) is 3.74. The van der Waals surface area contributed by atoms with Gasteiger partial charge in [0, 0.05) is 11.1 Å². The van der Waals surface area contributed by atoms with Crippen LogP contribution in [0.4, 0.5) is 0 Å². The van der Waals surface area contributed by atoms with Crippen LogP contribution < -0.4 is 0 Å². The Morgan fingerprint density at radius 3 is 2.32 bits per heavy atom. The van der Waals surface area contributed by atoms with E-state index in [-0.39, 0.29) is 17.5 Å². The van der Waals surface area contributed by atoms with Crippen molar-refractivity contribution in [2.75, 3.05) is 6.61 Å². The molecule has 2 rings (SSSR count). The minimum atomic E-state index is -0.652. The fraction of sp³-hybridized carbons (Fsp3) is 0.421. The van der Waals surface area contributed by atoms with Crippen LogP contribution in [-0.2, 0) is 9.53 Å². The van der Waals surface area contributed by atoms with Gasteiger partial charge in [0.1, 0.15) is 5.75 Å². The second-order valence-electron chi connectivity index (χ2n) is 6.02. The normalized spacial score (nSPS) is 12.1. The van der Waals surface area contributed by atoms with Gasteiger partial charge in [0.25, 0.3) is 0 Å². The van der Waals surface area contributed by atoms with Crippen molar-refractivity contribution in [3.8, 4) is 23.2 Å². The lowest BCUT2D eigenvalue weighted by Crippen LogP contribution is -2.16. The van der Waals surface area contributed by atoms with Crippen molar-refractivity contribution in [2.24, 2.45) is 0 Å². The van der Waals surface area contributed by atoms with Gasteiger partial charge in [0.05, 0.1) is 18.2 Å². The molecule has 136 valence electrons. The molecule has 1 unspecified atom stereocenters. The van der Waals surface area contributed by atoms with E-state index < -0.39 is 11.9 Å². The van der Waals surface area contributed by atoms with Gasteiger partial charge in [-0.2, -0.15) is 0 Å². The smallest absolute Gasteiger partial charge is 0.313 e. The zero-order valence-corrected chi connectivity index (χ0v) is 14.8. The minimum absolute atomic E-state index is 0.0813. The number of aromatic nitrogens is 1. The molecule has 3 N–H and O–H groups in total. The van der Waals surface area contributed by atoms with Gasteiger partial charge in [-0.15, -0.1) is 0 Å². The molecule has 6 nitrogen and oxygen atoms in total. The fourth-order valence-corrected chi connectivity index (χ4v) is 2.85. The number of aromatic hydroxyl groups is 3. The first-order valence-electron chi connectivity index (χ1n) is 8.51. The molecule has 2 aromatic rings. The van der Waals surface area contributed by atoms with Gasteiger partial charge < -0.3 is 20.1 Å². The first kappa shape index (κ1) is 18.7. The first-order chi connectivity index (χ1) is 11.9. The number of phenols is 1. The molecule has 1 aromatic carbocycles. The summed E-state index contributed by atoms with van der Waals surface area (Å²) in [4.78, 5) is 12.4. The summed E-state index contributed by atoms with van der Waals surface area (Å²) in [6, 6.07) is 6.05. The number of nitrogens with zero attached hydrogens (tertiary/aromatic N) is 1. The summed E-state index contributed by atoms with van der Waals surface area (Å²) in [5.74, 6) is -1.31. The summed E-state index contributed by atoms with van der Waals surface area (Å²) in [7, 11) is 0. The second-order valence-corrected chi connectivity index (χ2v) is 6.02. The highest BCUT2D eigenvalue weighted by Gasteiger charge is 2.31. The highest BCUT2D eigenvalue weighted by atomic mass is 16.5. The lowest BCUT2D eigenvalue weighted by Gasteiger charge is -2.15. The van der Waals surface area contributed by atoms with E-state index in [0.717, 1.165) is 12.8 Å². The molecule has 0 spiro atoms. The maximum Gasteiger partial charge on any atom is 0.313 e. The molecule has 25 heavy (non-hydrogen) atoms. The third-order valence-electron chi connectivity index (χ3n) is 4.30. The SMILES string of the molecule is CCCCOC(=O)C(CC)c1c(C)c(O)n(-c2ccc(O)cc2)c1O. The Kier molecular flexibility index (Phi) is 5.96. The van der Waals surface area contributed by atoms with Crippen molar-refractivity contribution in [3.63, 3.8) is 0 Å². The van der Waals surface area contributed by atoms with Crippen molar-refractivity contribution in [2.45, 2.75) is 46.0 Å². The number of hydrogen-bond acceptors (Lipinski definition) is 5. The van der Waals surface area contributed by atoms with Gasteiger partial charge in [-0.3, -0.25) is 9.36 Å². The van der Waals surface area contributed by atoms with Crippen LogP contribution in [0.1, 0.15) is 50.2 Å². The monoisotopic (exact) mass is 347 g/mol. The number of rotatable bonds is 7. The molecule has 1 heterocycles. The zero-order valence-electron chi connectivity index (χ0n) is 14.8. The number of hydrogen-bond donors (Lipinski definition) is 3. The molecule has 6 heteroatoms. The molecule has 1 atom stereocenters. The van der Waals surface area contributed by atoms with Gasteiger partial charge in [0.15, 0.2) is 0 Å². The summed E-state index contributed by atoms with van der Waals surface area (Å²) in [6.07, 6.45) is 2.15. The van der Waals surface area contributed by atoms with Crippen LogP contribution in [0.25, 0.3) is 5.69 Å². The van der Waals surface area contributed by atoms with Gasteiger partial charge in [-0.25, -0.2) is 0 Å². The Morgan fingerprint density at radius 1 is 1.12 bits per heavy atom. The molecule has 0 bridgehead atoms. The van der Waals surface area contributed by atoms with Gasteiger partial charge in [-0.1, -0.05) is 20.3 Å². The minimum Gasteiger partial charge on any atom is -0.508 e. The van der Waals surface area contributed by atoms with Crippen molar-refractivity contribution >= 4 is 5.97 Å². The van der Waals surface area contributed by atoms with Crippen LogP contribution in [-0.4, -0.2) is 32.5 Å². The lowest BCUT2D eigenvalue weighted by molar-refractivity contribution is -0.145. The molecule has 0 aliphatic heterocycles. The van der Waals surface area contributed by atoms with Crippen LogP contribution in [0.3, 0.4) is 0 Å². The zero-order chi connectivity index (χ0) is 18.6. The van der Waals surface area contributed by atoms with E-state index in [1.54, 1.807) is 19.1 Å². The van der Waals surface area contributed by atoms with Crippen LogP contribution >= 0.6 is 0 Å². The number of phenolic OH excluding ortho intramolecular Hbond substituents is 1. The maximum absolute atomic E-state index is 12.4. The average molecular weight is 347 g/mol. The lowest BCUT2D eigenvalue weighted by atomic mass is 9.95. The molecule has 0 amide bonds. The Bertz CT molecular complexity index is 733. The number of unbranched alkanes of at least 4 members (excludes halogenated alkanes) is 1. The molecule has 0 saturated heterocycles. The van der Waals surface area contributed by atoms with Crippen LogP contribution in [0.5, 0.6) is 17.5 Å². The Labute approximate surface area is 147 Å². The largest absolute Gasteiger partial charge is 0.508 e. The number of carbonyl (C=O) groups excluding carboxylic acids is 1. The fourth-order valence-electron chi connectivity index (χ4n) is 2.85. The van der Waals surface area contributed by atoms with E-state index in [9.17, 15) is 20.1 Å².